The molecule has 2 heterocycles. The van der Waals surface area contributed by atoms with Gasteiger partial charge < -0.3 is 15.5 Å². The zero-order chi connectivity index (χ0) is 16.1. The van der Waals surface area contributed by atoms with Crippen LogP contribution in [0.15, 0.2) is 35.4 Å². The lowest BCUT2D eigenvalue weighted by atomic mass is 9.96. The van der Waals surface area contributed by atoms with Gasteiger partial charge in [-0.05, 0) is 17.7 Å². The lowest BCUT2D eigenvalue weighted by Crippen LogP contribution is -2.16. The van der Waals surface area contributed by atoms with E-state index in [-0.39, 0.29) is 23.9 Å². The number of esters is 1. The Morgan fingerprint density at radius 1 is 1.48 bits per heavy atom. The number of nitrogens with two attached hydrogens (primary N) is 1. The molecule has 1 aliphatic rings. The Balaban J connectivity index is 2.05. The second-order valence-electron chi connectivity index (χ2n) is 5.51. The maximum Gasteiger partial charge on any atom is 0.306 e. The number of hydrogen-bond donors (Lipinski definition) is 2. The molecule has 0 bridgehead atoms. The number of methoxy groups -OCH3 is 1. The van der Waals surface area contributed by atoms with Crippen molar-refractivity contribution in [1.29, 1.82) is 0 Å². The third-order valence-electron chi connectivity index (χ3n) is 4.25. The minimum atomic E-state index is -0.323. The van der Waals surface area contributed by atoms with Crippen LogP contribution < -0.4 is 11.3 Å². The Hall–Kier alpha value is -3.09. The summed E-state index contributed by atoms with van der Waals surface area (Å²) >= 11 is 0. The van der Waals surface area contributed by atoms with Crippen molar-refractivity contribution in [2.24, 2.45) is 0 Å². The molecule has 0 saturated heterocycles. The summed E-state index contributed by atoms with van der Waals surface area (Å²) in [5.74, 6) is -0.569. The number of H-pyrrole nitrogens is 1. The summed E-state index contributed by atoms with van der Waals surface area (Å²) in [6.07, 6.45) is 3.46. The summed E-state index contributed by atoms with van der Waals surface area (Å²) in [6.45, 7) is 0. The van der Waals surface area contributed by atoms with Gasteiger partial charge in [0.2, 0.25) is 5.65 Å². The van der Waals surface area contributed by atoms with Crippen molar-refractivity contribution in [2.45, 2.75) is 12.3 Å². The second kappa shape index (κ2) is 4.70. The summed E-state index contributed by atoms with van der Waals surface area (Å²) < 4.78 is 6.56. The fourth-order valence-electron chi connectivity index (χ4n) is 3.27. The van der Waals surface area contributed by atoms with E-state index in [4.69, 9.17) is 10.5 Å². The zero-order valence-corrected chi connectivity index (χ0v) is 12.4. The van der Waals surface area contributed by atoms with Crippen LogP contribution >= 0.6 is 0 Å². The molecule has 0 amide bonds. The summed E-state index contributed by atoms with van der Waals surface area (Å²) in [6, 6.07) is 5.48. The Morgan fingerprint density at radius 2 is 2.30 bits per heavy atom. The van der Waals surface area contributed by atoms with E-state index in [2.05, 4.69) is 9.97 Å². The molecule has 1 aliphatic carbocycles. The Morgan fingerprint density at radius 3 is 3.09 bits per heavy atom. The van der Waals surface area contributed by atoms with Crippen molar-refractivity contribution in [2.75, 3.05) is 12.8 Å². The van der Waals surface area contributed by atoms with Gasteiger partial charge in [-0.1, -0.05) is 6.07 Å². The number of rotatable bonds is 2. The average Bonchev–Trinajstić information content (AvgIpc) is 3.12. The number of imidazole rings is 1. The Kier molecular flexibility index (Phi) is 2.77. The van der Waals surface area contributed by atoms with Crippen LogP contribution in [0.25, 0.3) is 16.9 Å². The molecule has 0 spiro atoms. The predicted molar refractivity (Wildman–Crippen MR) is 84.1 cm³/mol. The summed E-state index contributed by atoms with van der Waals surface area (Å²) in [4.78, 5) is 31.0. The summed E-state index contributed by atoms with van der Waals surface area (Å²) in [5.41, 5.74) is 9.85. The number of carbonyl (C=O) groups is 1. The SMILES string of the molecule is COC(=O)C[C@H]1c2cc(N)ccc2-c2[nH]c(=O)c3nccn3c21. The number of ether oxygens (including phenoxy) is 1. The third kappa shape index (κ3) is 1.86. The van der Waals surface area contributed by atoms with Crippen molar-refractivity contribution >= 4 is 17.3 Å². The number of carbonyl (C=O) groups excluding carboxylic acids is 1. The molecule has 0 unspecified atom stereocenters. The molecule has 0 aliphatic heterocycles. The molecule has 0 radical (unpaired) electrons. The number of benzene rings is 1. The fourth-order valence-corrected chi connectivity index (χ4v) is 3.27. The lowest BCUT2D eigenvalue weighted by Gasteiger charge is -2.13. The Bertz CT molecular complexity index is 1000. The molecule has 23 heavy (non-hydrogen) atoms. The number of hydrogen-bond acceptors (Lipinski definition) is 5. The number of aromatic nitrogens is 3. The zero-order valence-electron chi connectivity index (χ0n) is 12.4. The van der Waals surface area contributed by atoms with Gasteiger partial charge in [-0.3, -0.25) is 14.0 Å². The van der Waals surface area contributed by atoms with Crippen molar-refractivity contribution in [3.63, 3.8) is 0 Å². The standard InChI is InChI=1S/C16H14N4O3/c1-23-12(21)7-11-10-6-8(17)2-3-9(10)13-14(11)20-5-4-18-15(20)16(22)19-13/h2-6,11H,7,17H2,1H3,(H,19,22)/t11-/m0/s1. The van der Waals surface area contributed by atoms with Gasteiger partial charge in [-0.15, -0.1) is 0 Å². The Labute approximate surface area is 130 Å². The molecule has 2 aromatic heterocycles. The highest BCUT2D eigenvalue weighted by atomic mass is 16.5. The largest absolute Gasteiger partial charge is 0.469 e. The molecule has 7 heteroatoms. The van der Waals surface area contributed by atoms with E-state index in [1.807, 2.05) is 12.1 Å². The van der Waals surface area contributed by atoms with E-state index in [1.165, 1.54) is 7.11 Å². The van der Waals surface area contributed by atoms with Crippen LogP contribution in [-0.4, -0.2) is 27.4 Å². The molecule has 116 valence electrons. The van der Waals surface area contributed by atoms with E-state index in [9.17, 15) is 9.59 Å². The van der Waals surface area contributed by atoms with Gasteiger partial charge in [-0.25, -0.2) is 4.98 Å². The van der Waals surface area contributed by atoms with E-state index in [1.54, 1.807) is 22.9 Å². The van der Waals surface area contributed by atoms with Crippen LogP contribution in [0.2, 0.25) is 0 Å². The minimum absolute atomic E-state index is 0.166. The average molecular weight is 310 g/mol. The molecule has 0 saturated carbocycles. The maximum atomic E-state index is 12.2. The lowest BCUT2D eigenvalue weighted by molar-refractivity contribution is -0.140. The van der Waals surface area contributed by atoms with Gasteiger partial charge in [0.1, 0.15) is 0 Å². The van der Waals surface area contributed by atoms with E-state index in [0.29, 0.717) is 17.0 Å². The van der Waals surface area contributed by atoms with Gasteiger partial charge in [0.25, 0.3) is 5.56 Å². The van der Waals surface area contributed by atoms with Crippen molar-refractivity contribution < 1.29 is 9.53 Å². The van der Waals surface area contributed by atoms with E-state index in [0.717, 1.165) is 16.8 Å². The van der Waals surface area contributed by atoms with Gasteiger partial charge in [0.05, 0.1) is 24.9 Å². The van der Waals surface area contributed by atoms with Gasteiger partial charge in [-0.2, -0.15) is 0 Å². The number of nitrogens with zero attached hydrogens (tertiary/aromatic N) is 2. The molecule has 0 fully saturated rings. The highest BCUT2D eigenvalue weighted by Crippen LogP contribution is 2.45. The van der Waals surface area contributed by atoms with Gasteiger partial charge in [0.15, 0.2) is 0 Å². The number of aromatic amines is 1. The third-order valence-corrected chi connectivity index (χ3v) is 4.25. The molecule has 3 aromatic rings. The quantitative estimate of drug-likeness (QED) is 0.548. The second-order valence-corrected chi connectivity index (χ2v) is 5.51. The van der Waals surface area contributed by atoms with E-state index < -0.39 is 0 Å². The van der Waals surface area contributed by atoms with Crippen LogP contribution in [0, 0.1) is 0 Å². The molecule has 4 rings (SSSR count). The van der Waals surface area contributed by atoms with Crippen molar-refractivity contribution in [3.8, 4) is 11.3 Å². The van der Waals surface area contributed by atoms with Crippen LogP contribution in [0.4, 0.5) is 5.69 Å². The number of nitrogen functional groups attached to an aromatic ring is 1. The van der Waals surface area contributed by atoms with Crippen LogP contribution in [0.3, 0.4) is 0 Å². The molecular formula is C16H14N4O3. The van der Waals surface area contributed by atoms with Crippen LogP contribution in [0.5, 0.6) is 0 Å². The maximum absolute atomic E-state index is 12.2. The predicted octanol–water partition coefficient (Wildman–Crippen LogP) is 1.28. The van der Waals surface area contributed by atoms with Gasteiger partial charge in [0, 0.05) is 29.6 Å². The number of nitrogens with one attached hydrogen (secondary N) is 1. The first-order valence-corrected chi connectivity index (χ1v) is 7.16. The minimum Gasteiger partial charge on any atom is -0.469 e. The fraction of sp³-hybridized carbons (Fsp3) is 0.188. The highest BCUT2D eigenvalue weighted by molar-refractivity contribution is 5.81. The summed E-state index contributed by atoms with van der Waals surface area (Å²) in [7, 11) is 1.36. The van der Waals surface area contributed by atoms with Gasteiger partial charge >= 0.3 is 5.97 Å². The monoisotopic (exact) mass is 310 g/mol. The summed E-state index contributed by atoms with van der Waals surface area (Å²) in [5, 5.41) is 0. The first kappa shape index (κ1) is 13.6. The normalized spacial score (nSPS) is 15.4. The molecule has 7 nitrogen and oxygen atoms in total. The number of fused-ring (bicyclic) bond motifs is 5. The van der Waals surface area contributed by atoms with Crippen LogP contribution in [0.1, 0.15) is 23.6 Å². The molecular weight excluding hydrogens is 296 g/mol. The smallest absolute Gasteiger partial charge is 0.306 e. The molecule has 1 aromatic carbocycles. The van der Waals surface area contributed by atoms with Crippen LogP contribution in [-0.2, 0) is 9.53 Å². The molecule has 1 atom stereocenters. The first-order chi connectivity index (χ1) is 11.1. The van der Waals surface area contributed by atoms with Crippen molar-refractivity contribution in [1.82, 2.24) is 14.4 Å². The first-order valence-electron chi connectivity index (χ1n) is 7.16. The topological polar surface area (TPSA) is 102 Å². The van der Waals surface area contributed by atoms with E-state index >= 15 is 0 Å². The molecule has 3 N–H and O–H groups in total. The number of anilines is 1. The highest BCUT2D eigenvalue weighted by Gasteiger charge is 2.34. The van der Waals surface area contributed by atoms with Crippen molar-refractivity contribution in [3.05, 3.63) is 52.2 Å².